The van der Waals surface area contributed by atoms with Crippen LogP contribution in [-0.2, 0) is 4.65 Å². The lowest BCUT2D eigenvalue weighted by atomic mass is 9.77. The van der Waals surface area contributed by atoms with Gasteiger partial charge in [-0.3, -0.25) is 0 Å². The SMILES string of the molecule is NCOB[C@@H]1CCC[C@H]1O. The van der Waals surface area contributed by atoms with Gasteiger partial charge < -0.3 is 15.5 Å². The van der Waals surface area contributed by atoms with Gasteiger partial charge in [-0.2, -0.15) is 0 Å². The molecule has 3 nitrogen and oxygen atoms in total. The molecular weight excluding hydrogens is 129 g/mol. The van der Waals surface area contributed by atoms with Crippen LogP contribution < -0.4 is 5.73 Å². The molecule has 0 aromatic rings. The molecule has 0 spiro atoms. The van der Waals surface area contributed by atoms with Crippen LogP contribution in [0.2, 0.25) is 5.82 Å². The fourth-order valence-electron chi connectivity index (χ4n) is 1.43. The van der Waals surface area contributed by atoms with E-state index in [9.17, 15) is 5.11 Å². The third kappa shape index (κ3) is 1.97. The standard InChI is InChI=1S/C6H14BNO2/c8-4-10-7-5-2-1-3-6(5)9/h5-7,9H,1-4,8H2/t5-,6-/m1/s1. The zero-order valence-corrected chi connectivity index (χ0v) is 6.12. The van der Waals surface area contributed by atoms with Gasteiger partial charge >= 0.3 is 0 Å². The number of hydrogen-bond acceptors (Lipinski definition) is 3. The molecule has 0 aliphatic heterocycles. The lowest BCUT2D eigenvalue weighted by Crippen LogP contribution is -2.19. The minimum absolute atomic E-state index is 0.147. The normalized spacial score (nSPS) is 32.6. The minimum atomic E-state index is -0.147. The number of aliphatic hydroxyl groups excluding tert-OH is 1. The fraction of sp³-hybridized carbons (Fsp3) is 1.00. The maximum Gasteiger partial charge on any atom is 0.282 e. The number of hydrogen-bond donors (Lipinski definition) is 2. The van der Waals surface area contributed by atoms with Crippen molar-refractivity contribution in [3.05, 3.63) is 0 Å². The molecular formula is C6H14BNO2. The van der Waals surface area contributed by atoms with Crippen molar-refractivity contribution in [1.29, 1.82) is 0 Å². The van der Waals surface area contributed by atoms with Gasteiger partial charge in [0.25, 0.3) is 7.48 Å². The molecule has 0 heterocycles. The summed E-state index contributed by atoms with van der Waals surface area (Å²) in [5, 5.41) is 9.29. The van der Waals surface area contributed by atoms with E-state index in [0.29, 0.717) is 13.3 Å². The molecule has 1 saturated carbocycles. The van der Waals surface area contributed by atoms with Crippen LogP contribution >= 0.6 is 0 Å². The van der Waals surface area contributed by atoms with Crippen molar-refractivity contribution >= 4 is 7.48 Å². The highest BCUT2D eigenvalue weighted by Gasteiger charge is 2.26. The molecule has 0 aromatic carbocycles. The van der Waals surface area contributed by atoms with Crippen molar-refractivity contribution < 1.29 is 9.76 Å². The number of nitrogens with two attached hydrogens (primary N) is 1. The zero-order chi connectivity index (χ0) is 7.40. The second-order valence-electron chi connectivity index (χ2n) is 2.80. The summed E-state index contributed by atoms with van der Waals surface area (Å²) in [5.41, 5.74) is 5.15. The van der Waals surface area contributed by atoms with Gasteiger partial charge in [0.15, 0.2) is 0 Å². The van der Waals surface area contributed by atoms with E-state index in [1.807, 2.05) is 0 Å². The zero-order valence-electron chi connectivity index (χ0n) is 6.12. The summed E-state index contributed by atoms with van der Waals surface area (Å²) in [5.74, 6) is 0.337. The second kappa shape index (κ2) is 3.96. The highest BCUT2D eigenvalue weighted by molar-refractivity contribution is 6.29. The summed E-state index contributed by atoms with van der Waals surface area (Å²) in [6.07, 6.45) is 2.99. The molecule has 0 bridgehead atoms. The van der Waals surface area contributed by atoms with Gasteiger partial charge in [0.2, 0.25) is 0 Å². The van der Waals surface area contributed by atoms with Crippen LogP contribution in [0.1, 0.15) is 19.3 Å². The van der Waals surface area contributed by atoms with Gasteiger partial charge in [0.05, 0.1) is 12.8 Å². The summed E-state index contributed by atoms with van der Waals surface area (Å²) < 4.78 is 5.01. The Hall–Kier alpha value is -0.0551. The van der Waals surface area contributed by atoms with Crippen molar-refractivity contribution in [2.24, 2.45) is 5.73 Å². The van der Waals surface area contributed by atoms with Gasteiger partial charge in [-0.25, -0.2) is 0 Å². The van der Waals surface area contributed by atoms with Crippen molar-refractivity contribution in [2.75, 3.05) is 6.73 Å². The van der Waals surface area contributed by atoms with Crippen molar-refractivity contribution in [3.63, 3.8) is 0 Å². The van der Waals surface area contributed by atoms with E-state index < -0.39 is 0 Å². The molecule has 58 valence electrons. The lowest BCUT2D eigenvalue weighted by Gasteiger charge is -2.11. The van der Waals surface area contributed by atoms with Crippen LogP contribution in [0.5, 0.6) is 0 Å². The Morgan fingerprint density at radius 3 is 2.90 bits per heavy atom. The van der Waals surface area contributed by atoms with E-state index >= 15 is 0 Å². The Bertz CT molecular complexity index is 102. The van der Waals surface area contributed by atoms with Crippen LogP contribution in [0.3, 0.4) is 0 Å². The largest absolute Gasteiger partial charge is 0.427 e. The van der Waals surface area contributed by atoms with E-state index in [0.717, 1.165) is 19.3 Å². The number of aliphatic hydroxyl groups is 1. The minimum Gasteiger partial charge on any atom is -0.427 e. The second-order valence-corrected chi connectivity index (χ2v) is 2.80. The quantitative estimate of drug-likeness (QED) is 0.417. The first-order valence-electron chi connectivity index (χ1n) is 3.80. The molecule has 4 heteroatoms. The van der Waals surface area contributed by atoms with E-state index in [1.54, 1.807) is 0 Å². The summed E-state index contributed by atoms with van der Waals surface area (Å²) in [6.45, 7) is 0.267. The topological polar surface area (TPSA) is 55.5 Å². The van der Waals surface area contributed by atoms with Crippen molar-refractivity contribution in [2.45, 2.75) is 31.2 Å². The maximum atomic E-state index is 9.29. The third-order valence-corrected chi connectivity index (χ3v) is 2.07. The third-order valence-electron chi connectivity index (χ3n) is 2.07. The molecule has 3 N–H and O–H groups in total. The average molecular weight is 143 g/mol. The van der Waals surface area contributed by atoms with Gasteiger partial charge in [0, 0.05) is 0 Å². The van der Waals surface area contributed by atoms with Crippen LogP contribution in [0.15, 0.2) is 0 Å². The van der Waals surface area contributed by atoms with Gasteiger partial charge in [0.1, 0.15) is 0 Å². The van der Waals surface area contributed by atoms with Crippen LogP contribution in [0.25, 0.3) is 0 Å². The van der Waals surface area contributed by atoms with E-state index in [1.165, 1.54) is 0 Å². The highest BCUT2D eigenvalue weighted by Crippen LogP contribution is 2.29. The van der Waals surface area contributed by atoms with E-state index in [-0.39, 0.29) is 12.8 Å². The summed E-state index contributed by atoms with van der Waals surface area (Å²) in [7, 11) is 0.623. The van der Waals surface area contributed by atoms with Gasteiger partial charge in [-0.05, 0) is 12.2 Å². The predicted octanol–water partition coefficient (Wildman–Crippen LogP) is -0.396. The van der Waals surface area contributed by atoms with E-state index in [2.05, 4.69) is 0 Å². The van der Waals surface area contributed by atoms with Crippen LogP contribution in [0.4, 0.5) is 0 Å². The molecule has 10 heavy (non-hydrogen) atoms. The Kier molecular flexibility index (Phi) is 3.18. The van der Waals surface area contributed by atoms with Crippen molar-refractivity contribution in [3.8, 4) is 0 Å². The number of rotatable bonds is 3. The summed E-state index contributed by atoms with van der Waals surface area (Å²) >= 11 is 0. The first-order valence-corrected chi connectivity index (χ1v) is 3.80. The molecule has 1 rings (SSSR count). The van der Waals surface area contributed by atoms with Gasteiger partial charge in [-0.1, -0.05) is 12.8 Å². The van der Waals surface area contributed by atoms with Crippen LogP contribution in [0, 0.1) is 0 Å². The first kappa shape index (κ1) is 8.05. The van der Waals surface area contributed by atoms with E-state index in [4.69, 9.17) is 10.4 Å². The molecule has 0 amide bonds. The lowest BCUT2D eigenvalue weighted by molar-refractivity contribution is 0.175. The Morgan fingerprint density at radius 1 is 1.60 bits per heavy atom. The summed E-state index contributed by atoms with van der Waals surface area (Å²) in [4.78, 5) is 0. The Labute approximate surface area is 61.8 Å². The smallest absolute Gasteiger partial charge is 0.282 e. The monoisotopic (exact) mass is 143 g/mol. The molecule has 0 aromatic heterocycles. The van der Waals surface area contributed by atoms with Crippen molar-refractivity contribution in [1.82, 2.24) is 0 Å². The average Bonchev–Trinajstić information content (AvgIpc) is 2.31. The first-order chi connectivity index (χ1) is 4.84. The molecule has 0 radical (unpaired) electrons. The highest BCUT2D eigenvalue weighted by atomic mass is 16.4. The Balaban J connectivity index is 2.14. The maximum absolute atomic E-state index is 9.29. The Morgan fingerprint density at radius 2 is 2.40 bits per heavy atom. The predicted molar refractivity (Wildman–Crippen MR) is 40.9 cm³/mol. The van der Waals surface area contributed by atoms with Gasteiger partial charge in [-0.15, -0.1) is 0 Å². The molecule has 1 aliphatic carbocycles. The molecule has 0 unspecified atom stereocenters. The van der Waals surface area contributed by atoms with Crippen LogP contribution in [-0.4, -0.2) is 25.4 Å². The molecule has 0 saturated heterocycles. The molecule has 2 atom stereocenters. The molecule has 1 aliphatic rings. The summed E-state index contributed by atoms with van der Waals surface area (Å²) in [6, 6.07) is 0. The molecule has 1 fully saturated rings. The fourth-order valence-corrected chi connectivity index (χ4v) is 1.43.